The number of aliphatic hydroxyl groups is 1. The Morgan fingerprint density at radius 1 is 1.22 bits per heavy atom. The minimum Gasteiger partial charge on any atom is -0.466 e. The Morgan fingerprint density at radius 3 is 2.50 bits per heavy atom. The van der Waals surface area contributed by atoms with Crippen molar-refractivity contribution in [3.05, 3.63) is 57.5 Å². The summed E-state index contributed by atoms with van der Waals surface area (Å²) in [6.45, 7) is 5.77. The van der Waals surface area contributed by atoms with Crippen LogP contribution in [0.25, 0.3) is 0 Å². The first-order chi connectivity index (χ1) is 8.49. The van der Waals surface area contributed by atoms with Gasteiger partial charge < -0.3 is 9.52 Å². The molecule has 0 saturated carbocycles. The first kappa shape index (κ1) is 13.2. The maximum atomic E-state index is 10.3. The van der Waals surface area contributed by atoms with Gasteiger partial charge in [-0.2, -0.15) is 0 Å². The summed E-state index contributed by atoms with van der Waals surface area (Å²) in [4.78, 5) is 0. The summed E-state index contributed by atoms with van der Waals surface area (Å²) in [5, 5.41) is 11.0. The molecular formula is C15H17ClO2. The minimum atomic E-state index is -0.555. The van der Waals surface area contributed by atoms with Gasteiger partial charge in [-0.15, -0.1) is 0 Å². The molecule has 18 heavy (non-hydrogen) atoms. The van der Waals surface area contributed by atoms with E-state index >= 15 is 0 Å². The zero-order valence-electron chi connectivity index (χ0n) is 10.8. The maximum absolute atomic E-state index is 10.3. The molecule has 1 aromatic carbocycles. The number of rotatable bonds is 3. The SMILES string of the molecule is Cc1oc(C)c(C(O)Cc2cccc(Cl)c2)c1C. The normalized spacial score (nSPS) is 12.7. The number of hydrogen-bond acceptors (Lipinski definition) is 2. The highest BCUT2D eigenvalue weighted by Crippen LogP contribution is 2.29. The van der Waals surface area contributed by atoms with Gasteiger partial charge in [0.1, 0.15) is 11.5 Å². The fourth-order valence-corrected chi connectivity index (χ4v) is 2.50. The van der Waals surface area contributed by atoms with Gasteiger partial charge >= 0.3 is 0 Å². The summed E-state index contributed by atoms with van der Waals surface area (Å²) in [6, 6.07) is 7.57. The fraction of sp³-hybridized carbons (Fsp3) is 0.333. The number of hydrogen-bond donors (Lipinski definition) is 1. The van der Waals surface area contributed by atoms with E-state index in [0.29, 0.717) is 11.4 Å². The van der Waals surface area contributed by atoms with Gasteiger partial charge in [0.15, 0.2) is 0 Å². The van der Waals surface area contributed by atoms with Crippen LogP contribution in [0.15, 0.2) is 28.7 Å². The van der Waals surface area contributed by atoms with Gasteiger partial charge in [-0.25, -0.2) is 0 Å². The molecular weight excluding hydrogens is 248 g/mol. The zero-order chi connectivity index (χ0) is 13.3. The van der Waals surface area contributed by atoms with Gasteiger partial charge in [0.05, 0.1) is 6.10 Å². The van der Waals surface area contributed by atoms with E-state index in [0.717, 1.165) is 28.2 Å². The van der Waals surface area contributed by atoms with Crippen molar-refractivity contribution in [2.24, 2.45) is 0 Å². The van der Waals surface area contributed by atoms with Crippen molar-refractivity contribution < 1.29 is 9.52 Å². The highest BCUT2D eigenvalue weighted by Gasteiger charge is 2.19. The topological polar surface area (TPSA) is 33.4 Å². The van der Waals surface area contributed by atoms with Gasteiger partial charge in [0.2, 0.25) is 0 Å². The lowest BCUT2D eigenvalue weighted by molar-refractivity contribution is 0.176. The van der Waals surface area contributed by atoms with Crippen LogP contribution < -0.4 is 0 Å². The minimum absolute atomic E-state index is 0.543. The Bertz CT molecular complexity index is 558. The lowest BCUT2D eigenvalue weighted by Gasteiger charge is -2.11. The first-order valence-electron chi connectivity index (χ1n) is 5.98. The fourth-order valence-electron chi connectivity index (χ4n) is 2.29. The molecule has 0 amide bonds. The maximum Gasteiger partial charge on any atom is 0.107 e. The number of aliphatic hydroxyl groups excluding tert-OH is 1. The summed E-state index contributed by atoms with van der Waals surface area (Å²) >= 11 is 5.94. The van der Waals surface area contributed by atoms with Crippen LogP contribution in [0.3, 0.4) is 0 Å². The molecule has 0 bridgehead atoms. The molecule has 0 aliphatic heterocycles. The smallest absolute Gasteiger partial charge is 0.107 e. The van der Waals surface area contributed by atoms with Gasteiger partial charge in [-0.05, 0) is 44.0 Å². The Balaban J connectivity index is 2.24. The van der Waals surface area contributed by atoms with E-state index in [-0.39, 0.29) is 0 Å². The third-order valence-corrected chi connectivity index (χ3v) is 3.50. The highest BCUT2D eigenvalue weighted by atomic mass is 35.5. The largest absolute Gasteiger partial charge is 0.466 e. The molecule has 1 N–H and O–H groups in total. The van der Waals surface area contributed by atoms with Crippen molar-refractivity contribution in [1.29, 1.82) is 0 Å². The summed E-state index contributed by atoms with van der Waals surface area (Å²) in [7, 11) is 0. The zero-order valence-corrected chi connectivity index (χ0v) is 11.6. The van der Waals surface area contributed by atoms with Crippen molar-refractivity contribution >= 4 is 11.6 Å². The van der Waals surface area contributed by atoms with E-state index in [1.54, 1.807) is 0 Å². The number of aryl methyl sites for hydroxylation is 2. The Hall–Kier alpha value is -1.25. The van der Waals surface area contributed by atoms with Gasteiger partial charge in [-0.3, -0.25) is 0 Å². The molecule has 1 heterocycles. The van der Waals surface area contributed by atoms with Crippen molar-refractivity contribution in [1.82, 2.24) is 0 Å². The van der Waals surface area contributed by atoms with Crippen molar-refractivity contribution in [2.75, 3.05) is 0 Å². The van der Waals surface area contributed by atoms with Gasteiger partial charge in [-0.1, -0.05) is 23.7 Å². The second-order valence-electron chi connectivity index (χ2n) is 4.60. The molecule has 0 radical (unpaired) electrons. The first-order valence-corrected chi connectivity index (χ1v) is 6.36. The van der Waals surface area contributed by atoms with Gasteiger partial charge in [0.25, 0.3) is 0 Å². The van der Waals surface area contributed by atoms with Crippen LogP contribution in [0.5, 0.6) is 0 Å². The standard InChI is InChI=1S/C15H17ClO2/c1-9-10(2)18-11(3)15(9)14(17)8-12-5-4-6-13(16)7-12/h4-7,14,17H,8H2,1-3H3. The van der Waals surface area contributed by atoms with Crippen molar-refractivity contribution in [2.45, 2.75) is 33.3 Å². The summed E-state index contributed by atoms with van der Waals surface area (Å²) in [5.74, 6) is 1.66. The predicted molar refractivity (Wildman–Crippen MR) is 73.0 cm³/mol. The van der Waals surface area contributed by atoms with E-state index in [1.165, 1.54) is 0 Å². The lowest BCUT2D eigenvalue weighted by Crippen LogP contribution is -2.04. The third kappa shape index (κ3) is 2.60. The Kier molecular flexibility index (Phi) is 3.79. The van der Waals surface area contributed by atoms with E-state index in [1.807, 2.05) is 45.0 Å². The summed E-state index contributed by atoms with van der Waals surface area (Å²) in [5.41, 5.74) is 2.95. The quantitative estimate of drug-likeness (QED) is 0.904. The van der Waals surface area contributed by atoms with E-state index < -0.39 is 6.10 Å². The van der Waals surface area contributed by atoms with Crippen LogP contribution in [0.2, 0.25) is 5.02 Å². The molecule has 1 unspecified atom stereocenters. The van der Waals surface area contributed by atoms with Crippen LogP contribution in [0.1, 0.15) is 34.3 Å². The van der Waals surface area contributed by atoms with E-state index in [9.17, 15) is 5.11 Å². The Labute approximate surface area is 112 Å². The molecule has 1 atom stereocenters. The molecule has 1 aromatic heterocycles. The molecule has 2 aromatic rings. The summed E-state index contributed by atoms with van der Waals surface area (Å²) in [6.07, 6.45) is -0.0118. The van der Waals surface area contributed by atoms with Crippen LogP contribution >= 0.6 is 11.6 Å². The molecule has 0 fully saturated rings. The molecule has 2 nitrogen and oxygen atoms in total. The number of benzene rings is 1. The average molecular weight is 265 g/mol. The van der Waals surface area contributed by atoms with E-state index in [2.05, 4.69) is 0 Å². The second kappa shape index (κ2) is 5.17. The number of furan rings is 1. The monoisotopic (exact) mass is 264 g/mol. The molecule has 0 aliphatic rings. The van der Waals surface area contributed by atoms with Crippen LogP contribution in [0.4, 0.5) is 0 Å². The van der Waals surface area contributed by atoms with Crippen LogP contribution in [-0.2, 0) is 6.42 Å². The second-order valence-corrected chi connectivity index (χ2v) is 5.04. The molecule has 3 heteroatoms. The van der Waals surface area contributed by atoms with Gasteiger partial charge in [0, 0.05) is 17.0 Å². The van der Waals surface area contributed by atoms with Crippen molar-refractivity contribution in [3.63, 3.8) is 0 Å². The van der Waals surface area contributed by atoms with E-state index in [4.69, 9.17) is 16.0 Å². The molecule has 0 saturated heterocycles. The Morgan fingerprint density at radius 2 is 1.94 bits per heavy atom. The molecule has 0 spiro atoms. The predicted octanol–water partition coefficient (Wildman–Crippen LogP) is 4.13. The van der Waals surface area contributed by atoms with Crippen molar-refractivity contribution in [3.8, 4) is 0 Å². The average Bonchev–Trinajstić information content (AvgIpc) is 2.53. The lowest BCUT2D eigenvalue weighted by atomic mass is 9.98. The molecule has 96 valence electrons. The third-order valence-electron chi connectivity index (χ3n) is 3.27. The molecule has 0 aliphatic carbocycles. The highest BCUT2D eigenvalue weighted by molar-refractivity contribution is 6.30. The number of halogens is 1. The van der Waals surface area contributed by atoms with Crippen LogP contribution in [0, 0.1) is 20.8 Å². The summed E-state index contributed by atoms with van der Waals surface area (Å²) < 4.78 is 5.54. The van der Waals surface area contributed by atoms with Crippen LogP contribution in [-0.4, -0.2) is 5.11 Å². The molecule has 2 rings (SSSR count).